The van der Waals surface area contributed by atoms with Crippen LogP contribution in [0.1, 0.15) is 27.6 Å². The van der Waals surface area contributed by atoms with Gasteiger partial charge in [-0.1, -0.05) is 0 Å². The number of aromatic carboxylic acids is 1. The van der Waals surface area contributed by atoms with Gasteiger partial charge in [-0.05, 0) is 19.1 Å². The molecule has 0 radical (unpaired) electrons. The van der Waals surface area contributed by atoms with Gasteiger partial charge in [0, 0.05) is 0 Å². The molecular formula is C10H10O5. The zero-order chi connectivity index (χ0) is 11.6. The summed E-state index contributed by atoms with van der Waals surface area (Å²) < 4.78 is 4.76. The number of carboxylic acid groups (broad SMARTS) is 1. The molecule has 2 N–H and O–H groups in total. The van der Waals surface area contributed by atoms with Crippen LogP contribution in [0.15, 0.2) is 12.1 Å². The highest BCUT2D eigenvalue weighted by atomic mass is 16.5. The Morgan fingerprint density at radius 1 is 1.33 bits per heavy atom. The molecule has 5 heteroatoms. The Hall–Kier alpha value is -2.04. The third-order valence-corrected chi connectivity index (χ3v) is 1.92. The summed E-state index contributed by atoms with van der Waals surface area (Å²) in [6.07, 6.45) is 0. The summed E-state index contributed by atoms with van der Waals surface area (Å²) in [5.74, 6) is -1.97. The maximum absolute atomic E-state index is 11.1. The van der Waals surface area contributed by atoms with Gasteiger partial charge >= 0.3 is 5.97 Å². The van der Waals surface area contributed by atoms with Crippen molar-refractivity contribution < 1.29 is 24.5 Å². The molecule has 15 heavy (non-hydrogen) atoms. The highest BCUT2D eigenvalue weighted by molar-refractivity contribution is 6.00. The van der Waals surface area contributed by atoms with E-state index in [0.717, 1.165) is 12.1 Å². The Balaban J connectivity index is 3.45. The minimum absolute atomic E-state index is 0.0277. The molecule has 0 aromatic heterocycles. The number of hydrogen-bond acceptors (Lipinski definition) is 4. The molecule has 0 aliphatic carbocycles. The van der Waals surface area contributed by atoms with Crippen molar-refractivity contribution in [1.29, 1.82) is 0 Å². The van der Waals surface area contributed by atoms with Crippen LogP contribution in [0.4, 0.5) is 0 Å². The maximum atomic E-state index is 11.1. The van der Waals surface area contributed by atoms with Crippen LogP contribution in [0.25, 0.3) is 0 Å². The Morgan fingerprint density at radius 2 is 1.93 bits per heavy atom. The fraction of sp³-hybridized carbons (Fsp3) is 0.200. The topological polar surface area (TPSA) is 83.8 Å². The zero-order valence-corrected chi connectivity index (χ0v) is 8.27. The molecule has 0 aliphatic heterocycles. The third kappa shape index (κ3) is 2.07. The standard InChI is InChI=1S/C10H10O5/c1-5(11)7-3-6(10(13)14)4-8(15-2)9(7)12/h3-4,12H,1-2H3,(H,13,14). The van der Waals surface area contributed by atoms with Crippen LogP contribution in [-0.2, 0) is 0 Å². The molecule has 0 spiro atoms. The SMILES string of the molecule is COc1cc(C(=O)O)cc(C(C)=O)c1O. The second-order valence-corrected chi connectivity index (χ2v) is 2.94. The number of phenols is 1. The summed E-state index contributed by atoms with van der Waals surface area (Å²) in [6.45, 7) is 1.24. The van der Waals surface area contributed by atoms with E-state index in [1.165, 1.54) is 14.0 Å². The average Bonchev–Trinajstić information content (AvgIpc) is 2.17. The number of carbonyl (C=O) groups excluding carboxylic acids is 1. The van der Waals surface area contributed by atoms with Gasteiger partial charge in [-0.15, -0.1) is 0 Å². The highest BCUT2D eigenvalue weighted by Gasteiger charge is 2.16. The number of phenolic OH excluding ortho intramolecular Hbond substituents is 1. The Labute approximate surface area is 85.9 Å². The lowest BCUT2D eigenvalue weighted by Crippen LogP contribution is -2.02. The summed E-state index contributed by atoms with van der Waals surface area (Å²) >= 11 is 0. The summed E-state index contributed by atoms with van der Waals surface area (Å²) in [5.41, 5.74) is -0.165. The van der Waals surface area contributed by atoms with E-state index in [-0.39, 0.29) is 22.6 Å². The first-order valence-corrected chi connectivity index (χ1v) is 4.12. The van der Waals surface area contributed by atoms with Crippen LogP contribution in [0, 0.1) is 0 Å². The molecule has 0 fully saturated rings. The molecule has 0 amide bonds. The molecule has 0 heterocycles. The number of Topliss-reactive ketones (excluding diaryl/α,β-unsaturated/α-hetero) is 1. The van der Waals surface area contributed by atoms with Crippen molar-refractivity contribution in [1.82, 2.24) is 0 Å². The monoisotopic (exact) mass is 210 g/mol. The van der Waals surface area contributed by atoms with E-state index >= 15 is 0 Å². The summed E-state index contributed by atoms with van der Waals surface area (Å²) in [6, 6.07) is 2.27. The van der Waals surface area contributed by atoms with Crippen molar-refractivity contribution in [2.75, 3.05) is 7.11 Å². The first-order valence-electron chi connectivity index (χ1n) is 4.12. The highest BCUT2D eigenvalue weighted by Crippen LogP contribution is 2.31. The number of ketones is 1. The van der Waals surface area contributed by atoms with E-state index in [2.05, 4.69) is 0 Å². The van der Waals surface area contributed by atoms with Crippen LogP contribution in [0.3, 0.4) is 0 Å². The van der Waals surface area contributed by atoms with Gasteiger partial charge < -0.3 is 14.9 Å². The molecule has 5 nitrogen and oxygen atoms in total. The lowest BCUT2D eigenvalue weighted by molar-refractivity contribution is 0.0696. The van der Waals surface area contributed by atoms with Crippen molar-refractivity contribution >= 4 is 11.8 Å². The normalized spacial score (nSPS) is 9.73. The van der Waals surface area contributed by atoms with Crippen molar-refractivity contribution in [3.05, 3.63) is 23.3 Å². The van der Waals surface area contributed by atoms with Crippen LogP contribution in [-0.4, -0.2) is 29.1 Å². The molecule has 1 aromatic rings. The van der Waals surface area contributed by atoms with Gasteiger partial charge in [0.2, 0.25) is 0 Å². The molecule has 0 saturated heterocycles. The van der Waals surface area contributed by atoms with E-state index in [4.69, 9.17) is 9.84 Å². The largest absolute Gasteiger partial charge is 0.504 e. The number of methoxy groups -OCH3 is 1. The van der Waals surface area contributed by atoms with Gasteiger partial charge in [-0.3, -0.25) is 4.79 Å². The molecule has 1 rings (SSSR count). The van der Waals surface area contributed by atoms with Crippen molar-refractivity contribution in [3.8, 4) is 11.5 Å². The number of hydrogen-bond donors (Lipinski definition) is 2. The molecule has 0 aliphatic rings. The van der Waals surface area contributed by atoms with E-state index in [1.54, 1.807) is 0 Å². The third-order valence-electron chi connectivity index (χ3n) is 1.92. The second-order valence-electron chi connectivity index (χ2n) is 2.94. The first kappa shape index (κ1) is 11.0. The fourth-order valence-electron chi connectivity index (χ4n) is 1.16. The van der Waals surface area contributed by atoms with Crippen molar-refractivity contribution in [3.63, 3.8) is 0 Å². The molecule has 0 unspecified atom stereocenters. The summed E-state index contributed by atoms with van der Waals surface area (Å²) in [7, 11) is 1.28. The van der Waals surface area contributed by atoms with Crippen molar-refractivity contribution in [2.45, 2.75) is 6.92 Å². The number of ether oxygens (including phenoxy) is 1. The molecule has 0 bridgehead atoms. The maximum Gasteiger partial charge on any atom is 0.335 e. The lowest BCUT2D eigenvalue weighted by Gasteiger charge is -2.08. The minimum Gasteiger partial charge on any atom is -0.504 e. The van der Waals surface area contributed by atoms with Crippen LogP contribution in [0.2, 0.25) is 0 Å². The average molecular weight is 210 g/mol. The minimum atomic E-state index is -1.18. The predicted octanol–water partition coefficient (Wildman–Crippen LogP) is 1.30. The van der Waals surface area contributed by atoms with Crippen molar-refractivity contribution in [2.24, 2.45) is 0 Å². The Morgan fingerprint density at radius 3 is 2.33 bits per heavy atom. The van der Waals surface area contributed by atoms with Crippen LogP contribution in [0.5, 0.6) is 11.5 Å². The second kappa shape index (κ2) is 4.00. The quantitative estimate of drug-likeness (QED) is 0.734. The van der Waals surface area contributed by atoms with E-state index in [1.807, 2.05) is 0 Å². The van der Waals surface area contributed by atoms with Gasteiger partial charge in [0.05, 0.1) is 18.2 Å². The van der Waals surface area contributed by atoms with Gasteiger partial charge in [-0.2, -0.15) is 0 Å². The van der Waals surface area contributed by atoms with E-state index in [9.17, 15) is 14.7 Å². The number of benzene rings is 1. The number of carbonyl (C=O) groups is 2. The molecule has 80 valence electrons. The molecule has 0 saturated carbocycles. The van der Waals surface area contributed by atoms with Crippen LogP contribution >= 0.6 is 0 Å². The van der Waals surface area contributed by atoms with E-state index < -0.39 is 11.8 Å². The fourth-order valence-corrected chi connectivity index (χ4v) is 1.16. The molecular weight excluding hydrogens is 200 g/mol. The number of rotatable bonds is 3. The summed E-state index contributed by atoms with van der Waals surface area (Å²) in [4.78, 5) is 21.8. The van der Waals surface area contributed by atoms with Gasteiger partial charge in [0.25, 0.3) is 0 Å². The van der Waals surface area contributed by atoms with Gasteiger partial charge in [0.1, 0.15) is 0 Å². The Kier molecular flexibility index (Phi) is 2.94. The van der Waals surface area contributed by atoms with Gasteiger partial charge in [-0.25, -0.2) is 4.79 Å². The first-order chi connectivity index (χ1) is 6.97. The smallest absolute Gasteiger partial charge is 0.335 e. The summed E-state index contributed by atoms with van der Waals surface area (Å²) in [5, 5.41) is 18.3. The zero-order valence-electron chi connectivity index (χ0n) is 8.27. The molecule has 0 atom stereocenters. The number of carboxylic acids is 1. The van der Waals surface area contributed by atoms with Gasteiger partial charge in [0.15, 0.2) is 17.3 Å². The molecule has 1 aromatic carbocycles. The predicted molar refractivity (Wildman–Crippen MR) is 51.6 cm³/mol. The van der Waals surface area contributed by atoms with Crippen LogP contribution < -0.4 is 4.74 Å². The van der Waals surface area contributed by atoms with E-state index in [0.29, 0.717) is 0 Å². The number of aromatic hydroxyl groups is 1. The Bertz CT molecular complexity index is 422. The lowest BCUT2D eigenvalue weighted by atomic mass is 10.1.